The molecule has 14 aromatic carbocycles. The minimum atomic E-state index is -4.15. The van der Waals surface area contributed by atoms with Crippen LogP contribution in [0, 0.1) is 0 Å². The Kier molecular flexibility index (Phi) is 10.7. The van der Waals surface area contributed by atoms with Gasteiger partial charge in [0.25, 0.3) is 0 Å². The molecular weight excluding hydrogens is 1230 g/mol. The van der Waals surface area contributed by atoms with Crippen LogP contribution in [0.5, 0.6) is 23.0 Å². The van der Waals surface area contributed by atoms with Crippen LogP contribution in [0.1, 0.15) is 0 Å². The second-order valence-corrected chi connectivity index (χ2v) is 28.9. The van der Waals surface area contributed by atoms with Crippen molar-refractivity contribution < 1.29 is 26.3 Å². The summed E-state index contributed by atoms with van der Waals surface area (Å²) in [6, 6.07) is 97.9. The van der Waals surface area contributed by atoms with Gasteiger partial charge in [0.1, 0.15) is 42.6 Å². The van der Waals surface area contributed by atoms with Crippen LogP contribution in [0.4, 0.5) is 0 Å². The van der Waals surface area contributed by atoms with Gasteiger partial charge in [0.05, 0.1) is 44.1 Å². The number of aromatic nitrogens is 4. The molecule has 0 spiro atoms. The fourth-order valence-electron chi connectivity index (χ4n) is 16.0. The van der Waals surface area contributed by atoms with Crippen molar-refractivity contribution in [3.8, 4) is 90.3 Å². The van der Waals surface area contributed by atoms with Gasteiger partial charge in [-0.3, -0.25) is 0 Å². The number of sulfone groups is 2. The number of para-hydroxylation sites is 8. The second kappa shape index (κ2) is 19.2. The van der Waals surface area contributed by atoms with Gasteiger partial charge in [0.15, 0.2) is 0 Å². The van der Waals surface area contributed by atoms with E-state index in [1.807, 2.05) is 12.1 Å². The molecule has 18 aromatic rings. The van der Waals surface area contributed by atoms with Crippen molar-refractivity contribution in [1.82, 2.24) is 18.3 Å². The Morgan fingerprint density at radius 1 is 0.198 bits per heavy atom. The van der Waals surface area contributed by atoms with Crippen LogP contribution in [-0.4, -0.2) is 35.1 Å². The minimum absolute atomic E-state index is 0.0340. The van der Waals surface area contributed by atoms with Crippen LogP contribution in [-0.2, 0) is 19.7 Å². The predicted molar refractivity (Wildman–Crippen MR) is 383 cm³/mol. The molecule has 96 heavy (non-hydrogen) atoms. The summed E-state index contributed by atoms with van der Waals surface area (Å²) in [7, 11) is -8.30. The van der Waals surface area contributed by atoms with Crippen LogP contribution in [0.15, 0.2) is 311 Å². The molecule has 2 aliphatic heterocycles. The van der Waals surface area contributed by atoms with E-state index in [2.05, 4.69) is 237 Å². The maximum absolute atomic E-state index is 15.2. The Balaban J connectivity index is 0.829. The lowest BCUT2D eigenvalue weighted by Gasteiger charge is -2.29. The van der Waals surface area contributed by atoms with E-state index in [0.717, 1.165) is 99.6 Å². The van der Waals surface area contributed by atoms with Gasteiger partial charge < -0.3 is 27.7 Å². The zero-order chi connectivity index (χ0) is 63.4. The highest BCUT2D eigenvalue weighted by Gasteiger charge is 2.38. The van der Waals surface area contributed by atoms with Crippen molar-refractivity contribution in [1.29, 1.82) is 0 Å². The Morgan fingerprint density at radius 2 is 0.458 bits per heavy atom. The molecule has 0 radical (unpaired) electrons. The Hall–Kier alpha value is -12.2. The summed E-state index contributed by atoms with van der Waals surface area (Å²) in [5.41, 5.74) is 17.6. The average Bonchev–Trinajstić information content (AvgIpc) is 0.842. The van der Waals surface area contributed by atoms with Crippen molar-refractivity contribution in [2.24, 2.45) is 0 Å². The van der Waals surface area contributed by atoms with E-state index >= 15 is 16.8 Å². The highest BCUT2D eigenvalue weighted by molar-refractivity contribution is 7.92. The molecule has 0 bridgehead atoms. The first-order valence-corrected chi connectivity index (χ1v) is 34.8. The zero-order valence-electron chi connectivity index (χ0n) is 50.8. The molecule has 4 aromatic heterocycles. The lowest BCUT2D eigenvalue weighted by atomic mass is 9.80. The molecule has 21 rings (SSSR count). The van der Waals surface area contributed by atoms with Crippen LogP contribution < -0.4 is 9.47 Å². The molecule has 0 fully saturated rings. The van der Waals surface area contributed by atoms with E-state index in [1.54, 1.807) is 60.7 Å². The van der Waals surface area contributed by atoms with Gasteiger partial charge in [-0.05, 0) is 190 Å². The van der Waals surface area contributed by atoms with Crippen LogP contribution >= 0.6 is 0 Å². The fourth-order valence-corrected chi connectivity index (χ4v) is 19.0. The molecule has 0 saturated heterocycles. The first-order chi connectivity index (χ1) is 47.1. The number of ether oxygens (including phenoxy) is 2. The lowest BCUT2D eigenvalue weighted by Crippen LogP contribution is -2.13. The van der Waals surface area contributed by atoms with Crippen molar-refractivity contribution in [2.75, 3.05) is 0 Å². The molecule has 12 heteroatoms. The van der Waals surface area contributed by atoms with E-state index in [0.29, 0.717) is 33.4 Å². The lowest BCUT2D eigenvalue weighted by molar-refractivity contribution is 0.442. The van der Waals surface area contributed by atoms with Gasteiger partial charge in [-0.15, -0.1) is 0 Å². The monoisotopic (exact) mass is 1270 g/mol. The summed E-state index contributed by atoms with van der Waals surface area (Å²) >= 11 is 0. The van der Waals surface area contributed by atoms with Crippen molar-refractivity contribution in [3.63, 3.8) is 0 Å². The molecule has 3 aliphatic rings. The zero-order valence-corrected chi connectivity index (χ0v) is 52.4. The highest BCUT2D eigenvalue weighted by atomic mass is 32.2. The summed E-state index contributed by atoms with van der Waals surface area (Å²) < 4.78 is 83.6. The van der Waals surface area contributed by atoms with Gasteiger partial charge in [-0.1, -0.05) is 146 Å². The number of benzene rings is 14. The Bertz CT molecular complexity index is 6310. The van der Waals surface area contributed by atoms with Crippen LogP contribution in [0.25, 0.3) is 154 Å². The van der Waals surface area contributed by atoms with E-state index in [9.17, 15) is 0 Å². The molecular formula is C84H48N4O6S2. The summed E-state index contributed by atoms with van der Waals surface area (Å²) in [5, 5.41) is 8.95. The number of hydrogen-bond donors (Lipinski definition) is 0. The maximum Gasteiger partial charge on any atom is 0.213 e. The van der Waals surface area contributed by atoms with Crippen molar-refractivity contribution >= 4 is 107 Å². The molecule has 0 atom stereocenters. The maximum atomic E-state index is 15.2. The molecule has 0 saturated carbocycles. The first-order valence-electron chi connectivity index (χ1n) is 31.9. The molecule has 0 N–H and O–H groups in total. The summed E-state index contributed by atoms with van der Waals surface area (Å²) in [6.45, 7) is 0. The Labute approximate surface area is 549 Å². The SMILES string of the molecule is O=S1(=O)c2ccccc2Oc2cc3c(cc21)-c1cc(-n2c4ccccc4c4cc(-n5c6ccccc6c6ccccc65)ccc42)ccc1-c1cc2c(cc1-c1cc(-n4c5ccccc5c5cc(-n6c7ccccc7c7ccccc76)ccc54)ccc1-3)S(=O)(=O)c1ccccc1O2. The van der Waals surface area contributed by atoms with Gasteiger partial charge in [0.2, 0.25) is 19.7 Å². The summed E-state index contributed by atoms with van der Waals surface area (Å²) in [5.74, 6) is 0.831. The second-order valence-electron chi connectivity index (χ2n) is 25.1. The van der Waals surface area contributed by atoms with Crippen molar-refractivity contribution in [3.05, 3.63) is 291 Å². The molecule has 0 amide bonds. The van der Waals surface area contributed by atoms with Gasteiger partial charge >= 0.3 is 0 Å². The third-order valence-electron chi connectivity index (χ3n) is 20.1. The summed E-state index contributed by atoms with van der Waals surface area (Å²) in [4.78, 5) is 0.229. The van der Waals surface area contributed by atoms with Crippen molar-refractivity contribution in [2.45, 2.75) is 19.6 Å². The average molecular weight is 1270 g/mol. The Morgan fingerprint density at radius 3 is 0.812 bits per heavy atom. The normalized spacial score (nSPS) is 13.9. The van der Waals surface area contributed by atoms with Crippen LogP contribution in [0.3, 0.4) is 0 Å². The van der Waals surface area contributed by atoms with Gasteiger partial charge in [0, 0.05) is 65.8 Å². The molecule has 10 nitrogen and oxygen atoms in total. The number of rotatable bonds is 4. The third kappa shape index (κ3) is 7.22. The quantitative estimate of drug-likeness (QED) is 0.174. The van der Waals surface area contributed by atoms with Gasteiger partial charge in [-0.25, -0.2) is 16.8 Å². The number of fused-ring (bicyclic) bond motifs is 24. The smallest absolute Gasteiger partial charge is 0.213 e. The van der Waals surface area contributed by atoms with E-state index < -0.39 is 19.7 Å². The molecule has 452 valence electrons. The standard InChI is InChI=1S/C84H48N4O6S2/c89-95(90)81-31-15-13-29-77(81)94-80-46-64-54-38-34-50(88-74-28-12-6-22-60(74)68-44-52(36-40-76(68)88)86-71-25-9-3-19-57(71)58-20-4-10-26-72(58)86)42-62(54)66-48-84-79(93-78-30-14-16-32-82(78)96(84,91)92)45-63(66)53-37-33-49(41-61(53)65(64)47-83(80)95)87-73-27-11-5-21-59(73)67-43-51(35-39-75(67)87)85-69-23-7-1-17-55(69)56-18-2-8-24-70(56)85/h1-48H. The van der Waals surface area contributed by atoms with E-state index in [1.165, 1.54) is 21.5 Å². The fraction of sp³-hybridized carbons (Fsp3) is 0. The largest absolute Gasteiger partial charge is 0.455 e. The topological polar surface area (TPSA) is 106 Å². The predicted octanol–water partition coefficient (Wildman–Crippen LogP) is 20.9. The molecule has 1 aliphatic carbocycles. The molecule has 0 unspecified atom stereocenters. The van der Waals surface area contributed by atoms with E-state index in [-0.39, 0.29) is 42.6 Å². The number of hydrogen-bond acceptors (Lipinski definition) is 6. The number of nitrogens with zero attached hydrogens (tertiary/aromatic N) is 4. The third-order valence-corrected chi connectivity index (χ3v) is 23.8. The summed E-state index contributed by atoms with van der Waals surface area (Å²) in [6.07, 6.45) is 0. The van der Waals surface area contributed by atoms with Crippen LogP contribution in [0.2, 0.25) is 0 Å². The van der Waals surface area contributed by atoms with E-state index in [4.69, 9.17) is 9.47 Å². The minimum Gasteiger partial charge on any atom is -0.455 e. The van der Waals surface area contributed by atoms with Gasteiger partial charge in [-0.2, -0.15) is 0 Å². The highest BCUT2D eigenvalue weighted by Crippen LogP contribution is 2.57. The first kappa shape index (κ1) is 53.3. The molecule has 6 heterocycles.